The van der Waals surface area contributed by atoms with Crippen LogP contribution in [0, 0.1) is 5.82 Å². The molecular weight excluding hydrogens is 279 g/mol. The molecule has 0 aliphatic heterocycles. The van der Waals surface area contributed by atoms with Crippen molar-refractivity contribution in [3.05, 3.63) is 41.3 Å². The molecule has 2 aromatic rings. The van der Waals surface area contributed by atoms with Gasteiger partial charge in [-0.25, -0.2) is 9.18 Å². The minimum absolute atomic E-state index is 0.0791. The second-order valence-corrected chi connectivity index (χ2v) is 5.50. The van der Waals surface area contributed by atoms with Crippen molar-refractivity contribution in [1.82, 2.24) is 10.1 Å². The SMILES string of the molecule is CC(C)(C)c1nc(COc2cc(F)ccc2C(=O)O)no1. The van der Waals surface area contributed by atoms with Crippen LogP contribution in [0.25, 0.3) is 0 Å². The van der Waals surface area contributed by atoms with Crippen LogP contribution in [0.1, 0.15) is 42.8 Å². The predicted molar refractivity (Wildman–Crippen MR) is 70.7 cm³/mol. The highest BCUT2D eigenvalue weighted by atomic mass is 19.1. The van der Waals surface area contributed by atoms with Gasteiger partial charge in [-0.2, -0.15) is 4.98 Å². The van der Waals surface area contributed by atoms with Crippen LogP contribution in [0.15, 0.2) is 22.7 Å². The van der Waals surface area contributed by atoms with Crippen LogP contribution in [0.4, 0.5) is 4.39 Å². The van der Waals surface area contributed by atoms with E-state index >= 15 is 0 Å². The van der Waals surface area contributed by atoms with Gasteiger partial charge in [-0.1, -0.05) is 25.9 Å². The topological polar surface area (TPSA) is 85.5 Å². The molecule has 21 heavy (non-hydrogen) atoms. The van der Waals surface area contributed by atoms with Gasteiger partial charge in [0.2, 0.25) is 11.7 Å². The van der Waals surface area contributed by atoms with Gasteiger partial charge < -0.3 is 14.4 Å². The molecule has 0 radical (unpaired) electrons. The van der Waals surface area contributed by atoms with Crippen molar-refractivity contribution in [2.45, 2.75) is 32.8 Å². The number of aromatic nitrogens is 2. The Labute approximate surface area is 120 Å². The average molecular weight is 294 g/mol. The molecular formula is C14H15FN2O4. The molecule has 0 saturated heterocycles. The van der Waals surface area contributed by atoms with Crippen molar-refractivity contribution in [2.24, 2.45) is 0 Å². The summed E-state index contributed by atoms with van der Waals surface area (Å²) >= 11 is 0. The molecule has 1 aromatic heterocycles. The highest BCUT2D eigenvalue weighted by Crippen LogP contribution is 2.22. The molecule has 112 valence electrons. The zero-order valence-corrected chi connectivity index (χ0v) is 11.9. The molecule has 1 heterocycles. The number of hydrogen-bond donors (Lipinski definition) is 1. The van der Waals surface area contributed by atoms with Gasteiger partial charge >= 0.3 is 5.97 Å². The number of nitrogens with zero attached hydrogens (tertiary/aromatic N) is 2. The van der Waals surface area contributed by atoms with E-state index in [0.29, 0.717) is 5.89 Å². The number of carboxylic acids is 1. The maximum absolute atomic E-state index is 13.2. The maximum Gasteiger partial charge on any atom is 0.339 e. The minimum atomic E-state index is -1.20. The Bertz CT molecular complexity index is 661. The maximum atomic E-state index is 13.2. The molecule has 0 aliphatic rings. The summed E-state index contributed by atoms with van der Waals surface area (Å²) in [5.74, 6) is -1.16. The van der Waals surface area contributed by atoms with Gasteiger partial charge in [-0.05, 0) is 12.1 Å². The molecule has 0 spiro atoms. The molecule has 0 fully saturated rings. The van der Waals surface area contributed by atoms with Crippen LogP contribution in [0.3, 0.4) is 0 Å². The number of carbonyl (C=O) groups is 1. The summed E-state index contributed by atoms with van der Waals surface area (Å²) in [4.78, 5) is 15.2. The largest absolute Gasteiger partial charge is 0.484 e. The first-order chi connectivity index (χ1) is 9.77. The average Bonchev–Trinajstić information content (AvgIpc) is 2.84. The third kappa shape index (κ3) is 3.56. The van der Waals surface area contributed by atoms with E-state index in [9.17, 15) is 9.18 Å². The second-order valence-electron chi connectivity index (χ2n) is 5.50. The van der Waals surface area contributed by atoms with Gasteiger partial charge in [0.15, 0.2) is 6.61 Å². The van der Waals surface area contributed by atoms with E-state index in [0.717, 1.165) is 18.2 Å². The summed E-state index contributed by atoms with van der Waals surface area (Å²) in [5.41, 5.74) is -0.424. The van der Waals surface area contributed by atoms with Crippen LogP contribution < -0.4 is 4.74 Å². The van der Waals surface area contributed by atoms with Gasteiger partial charge in [0.1, 0.15) is 17.1 Å². The summed E-state index contributed by atoms with van der Waals surface area (Å²) in [5, 5.41) is 12.8. The lowest BCUT2D eigenvalue weighted by molar-refractivity contribution is 0.0691. The fourth-order valence-corrected chi connectivity index (χ4v) is 1.55. The molecule has 7 heteroatoms. The number of aromatic carboxylic acids is 1. The lowest BCUT2D eigenvalue weighted by atomic mass is 9.97. The van der Waals surface area contributed by atoms with Crippen LogP contribution in [-0.2, 0) is 12.0 Å². The number of halogens is 1. The van der Waals surface area contributed by atoms with Crippen LogP contribution in [-0.4, -0.2) is 21.2 Å². The first-order valence-electron chi connectivity index (χ1n) is 6.26. The van der Waals surface area contributed by atoms with Crippen molar-refractivity contribution in [3.8, 4) is 5.75 Å². The summed E-state index contributed by atoms with van der Waals surface area (Å²) in [7, 11) is 0. The van der Waals surface area contributed by atoms with Gasteiger partial charge in [-0.15, -0.1) is 0 Å². The fourth-order valence-electron chi connectivity index (χ4n) is 1.55. The van der Waals surface area contributed by atoms with Crippen molar-refractivity contribution < 1.29 is 23.6 Å². The Morgan fingerprint density at radius 1 is 1.43 bits per heavy atom. The Morgan fingerprint density at radius 2 is 2.14 bits per heavy atom. The van der Waals surface area contributed by atoms with Crippen molar-refractivity contribution in [3.63, 3.8) is 0 Å². The summed E-state index contributed by atoms with van der Waals surface area (Å²) in [6, 6.07) is 3.21. The monoisotopic (exact) mass is 294 g/mol. The number of hydrogen-bond acceptors (Lipinski definition) is 5. The lowest BCUT2D eigenvalue weighted by Gasteiger charge is -2.10. The van der Waals surface area contributed by atoms with E-state index in [1.807, 2.05) is 20.8 Å². The third-order valence-corrected chi connectivity index (χ3v) is 2.64. The van der Waals surface area contributed by atoms with Crippen LogP contribution in [0.5, 0.6) is 5.75 Å². The molecule has 1 N–H and O–H groups in total. The number of ether oxygens (including phenoxy) is 1. The standard InChI is InChI=1S/C14H15FN2O4/c1-14(2,3)13-16-11(17-21-13)7-20-10-6-8(15)4-5-9(10)12(18)19/h4-6H,7H2,1-3H3,(H,18,19). The minimum Gasteiger partial charge on any atom is -0.484 e. The van der Waals surface area contributed by atoms with Gasteiger partial charge in [0.25, 0.3) is 0 Å². The van der Waals surface area contributed by atoms with E-state index in [1.54, 1.807) is 0 Å². The molecule has 6 nitrogen and oxygen atoms in total. The van der Waals surface area contributed by atoms with E-state index in [1.165, 1.54) is 0 Å². The number of carboxylic acid groups (broad SMARTS) is 1. The quantitative estimate of drug-likeness (QED) is 0.933. The summed E-state index contributed by atoms with van der Waals surface area (Å²) in [6.07, 6.45) is 0. The highest BCUT2D eigenvalue weighted by molar-refractivity contribution is 5.90. The highest BCUT2D eigenvalue weighted by Gasteiger charge is 2.22. The second kappa shape index (κ2) is 5.51. The Hall–Kier alpha value is -2.44. The fraction of sp³-hybridized carbons (Fsp3) is 0.357. The molecule has 1 aromatic carbocycles. The summed E-state index contributed by atoms with van der Waals surface area (Å²) < 4.78 is 23.5. The Morgan fingerprint density at radius 3 is 2.71 bits per heavy atom. The summed E-state index contributed by atoms with van der Waals surface area (Å²) in [6.45, 7) is 5.64. The van der Waals surface area contributed by atoms with Gasteiger partial charge in [0, 0.05) is 11.5 Å². The molecule has 0 atom stereocenters. The Balaban J connectivity index is 2.15. The van der Waals surface area contributed by atoms with Crippen molar-refractivity contribution >= 4 is 5.97 Å². The number of rotatable bonds is 4. The Kier molecular flexibility index (Phi) is 3.93. The molecule has 0 aliphatic carbocycles. The molecule has 0 bridgehead atoms. The molecule has 0 saturated carbocycles. The van der Waals surface area contributed by atoms with E-state index in [-0.39, 0.29) is 29.2 Å². The van der Waals surface area contributed by atoms with Crippen molar-refractivity contribution in [1.29, 1.82) is 0 Å². The van der Waals surface area contributed by atoms with E-state index < -0.39 is 11.8 Å². The van der Waals surface area contributed by atoms with E-state index in [2.05, 4.69) is 10.1 Å². The normalized spacial score (nSPS) is 11.4. The lowest BCUT2D eigenvalue weighted by Crippen LogP contribution is -2.11. The molecule has 2 rings (SSSR count). The van der Waals surface area contributed by atoms with E-state index in [4.69, 9.17) is 14.4 Å². The van der Waals surface area contributed by atoms with Crippen LogP contribution in [0.2, 0.25) is 0 Å². The first kappa shape index (κ1) is 15.0. The molecule has 0 unspecified atom stereocenters. The first-order valence-corrected chi connectivity index (χ1v) is 6.26. The molecule has 0 amide bonds. The van der Waals surface area contributed by atoms with Crippen molar-refractivity contribution in [2.75, 3.05) is 0 Å². The van der Waals surface area contributed by atoms with Gasteiger partial charge in [0.05, 0.1) is 0 Å². The van der Waals surface area contributed by atoms with Gasteiger partial charge in [-0.3, -0.25) is 0 Å². The number of benzene rings is 1. The van der Waals surface area contributed by atoms with Crippen LogP contribution >= 0.6 is 0 Å². The predicted octanol–water partition coefficient (Wildman–Crippen LogP) is 2.78. The smallest absolute Gasteiger partial charge is 0.339 e. The zero-order chi connectivity index (χ0) is 15.6. The zero-order valence-electron chi connectivity index (χ0n) is 11.9. The third-order valence-electron chi connectivity index (χ3n) is 2.64.